The van der Waals surface area contributed by atoms with Gasteiger partial charge in [-0.1, -0.05) is 57.2 Å². The third kappa shape index (κ3) is 12.8. The van der Waals surface area contributed by atoms with Gasteiger partial charge in [-0.05, 0) is 25.0 Å². The van der Waals surface area contributed by atoms with Crippen molar-refractivity contribution in [2.45, 2.75) is 58.0 Å². The van der Waals surface area contributed by atoms with Gasteiger partial charge in [0, 0.05) is 0 Å². The molecule has 7 heteroatoms. The monoisotopic (exact) mass is 374 g/mol. The second-order valence-corrected chi connectivity index (χ2v) is 7.03. The van der Waals surface area contributed by atoms with Crippen molar-refractivity contribution in [1.29, 1.82) is 0 Å². The van der Waals surface area contributed by atoms with Gasteiger partial charge in [0.1, 0.15) is 11.9 Å². The van der Waals surface area contributed by atoms with E-state index in [0.717, 1.165) is 18.6 Å². The Morgan fingerprint density at radius 1 is 1.00 bits per heavy atom. The topological polar surface area (TPSA) is 82.1 Å². The zero-order valence-electron chi connectivity index (χ0n) is 14.9. The van der Waals surface area contributed by atoms with Crippen LogP contribution in [0.1, 0.15) is 51.9 Å². The Hall–Kier alpha value is -1.15. The number of benzene rings is 1. The summed E-state index contributed by atoms with van der Waals surface area (Å²) in [7, 11) is -4.41. The molecule has 144 valence electrons. The largest absolute Gasteiger partial charge is 0.488 e. The molecule has 0 aliphatic carbocycles. The van der Waals surface area contributed by atoms with Crippen molar-refractivity contribution in [3.8, 4) is 5.75 Å². The van der Waals surface area contributed by atoms with Crippen molar-refractivity contribution in [3.63, 3.8) is 0 Å². The Morgan fingerprint density at radius 2 is 1.68 bits per heavy atom. The van der Waals surface area contributed by atoms with Gasteiger partial charge in [-0.2, -0.15) is 8.42 Å². The standard InChI is InChI=1S/C18H30O6S/c1-2-3-4-5-6-8-13-18(24-17-11-9-7-10-12-17)16-22-14-15-23-25(19,20)21/h7,9-12,18H,2-6,8,13-16H2,1H3,(H,19,20,21). The van der Waals surface area contributed by atoms with E-state index in [1.807, 2.05) is 30.3 Å². The number of unbranched alkanes of at least 4 members (excludes halogenated alkanes) is 5. The second-order valence-electron chi connectivity index (χ2n) is 5.93. The molecule has 0 aliphatic rings. The molecule has 0 aromatic heterocycles. The van der Waals surface area contributed by atoms with Crippen LogP contribution in [0.25, 0.3) is 0 Å². The summed E-state index contributed by atoms with van der Waals surface area (Å²) in [4.78, 5) is 0. The highest BCUT2D eigenvalue weighted by Crippen LogP contribution is 2.16. The highest BCUT2D eigenvalue weighted by Gasteiger charge is 2.11. The number of hydrogen-bond donors (Lipinski definition) is 1. The first-order valence-electron chi connectivity index (χ1n) is 8.92. The zero-order chi connectivity index (χ0) is 18.4. The van der Waals surface area contributed by atoms with Crippen molar-refractivity contribution in [2.24, 2.45) is 0 Å². The van der Waals surface area contributed by atoms with Crippen LogP contribution in [-0.4, -0.2) is 38.9 Å². The predicted octanol–water partition coefficient (Wildman–Crippen LogP) is 4.02. The molecule has 0 saturated heterocycles. The molecule has 0 saturated carbocycles. The number of ether oxygens (including phenoxy) is 2. The first kappa shape index (κ1) is 21.9. The zero-order valence-corrected chi connectivity index (χ0v) is 15.7. The van der Waals surface area contributed by atoms with Crippen LogP contribution in [0.2, 0.25) is 0 Å². The second kappa shape index (κ2) is 13.1. The summed E-state index contributed by atoms with van der Waals surface area (Å²) in [5.74, 6) is 0.788. The molecule has 1 aromatic carbocycles. The van der Waals surface area contributed by atoms with Crippen molar-refractivity contribution >= 4 is 10.4 Å². The molecule has 25 heavy (non-hydrogen) atoms. The van der Waals surface area contributed by atoms with Crippen LogP contribution in [-0.2, 0) is 19.3 Å². The summed E-state index contributed by atoms with van der Waals surface area (Å²) in [6.45, 7) is 2.41. The molecule has 0 fully saturated rings. The summed E-state index contributed by atoms with van der Waals surface area (Å²) >= 11 is 0. The molecule has 1 rings (SSSR count). The van der Waals surface area contributed by atoms with E-state index in [4.69, 9.17) is 14.0 Å². The Morgan fingerprint density at radius 3 is 2.36 bits per heavy atom. The Kier molecular flexibility index (Phi) is 11.5. The highest BCUT2D eigenvalue weighted by atomic mass is 32.3. The minimum Gasteiger partial charge on any atom is -0.488 e. The van der Waals surface area contributed by atoms with Crippen LogP contribution in [0.5, 0.6) is 5.75 Å². The average molecular weight is 374 g/mol. The van der Waals surface area contributed by atoms with Crippen LogP contribution < -0.4 is 4.74 Å². The molecular formula is C18H30O6S. The van der Waals surface area contributed by atoms with Gasteiger partial charge in [0.05, 0.1) is 19.8 Å². The van der Waals surface area contributed by atoms with Crippen LogP contribution >= 0.6 is 0 Å². The fraction of sp³-hybridized carbons (Fsp3) is 0.667. The molecule has 1 aromatic rings. The minimum absolute atomic E-state index is 0.0743. The van der Waals surface area contributed by atoms with Gasteiger partial charge in [0.2, 0.25) is 0 Å². The van der Waals surface area contributed by atoms with Gasteiger partial charge in [0.25, 0.3) is 0 Å². The van der Waals surface area contributed by atoms with E-state index in [0.29, 0.717) is 6.61 Å². The van der Waals surface area contributed by atoms with E-state index in [-0.39, 0.29) is 19.3 Å². The smallest absolute Gasteiger partial charge is 0.397 e. The molecule has 1 unspecified atom stereocenters. The van der Waals surface area contributed by atoms with Gasteiger partial charge >= 0.3 is 10.4 Å². The first-order chi connectivity index (χ1) is 12.0. The lowest BCUT2D eigenvalue weighted by molar-refractivity contribution is 0.0310. The highest BCUT2D eigenvalue weighted by molar-refractivity contribution is 7.80. The summed E-state index contributed by atoms with van der Waals surface area (Å²) in [6.07, 6.45) is 8.02. The number of para-hydroxylation sites is 1. The Bertz CT molecular complexity index is 532. The van der Waals surface area contributed by atoms with Gasteiger partial charge in [-0.3, -0.25) is 4.55 Å². The minimum atomic E-state index is -4.41. The van der Waals surface area contributed by atoms with Crippen LogP contribution in [0.15, 0.2) is 30.3 Å². The molecule has 1 atom stereocenters. The molecule has 0 amide bonds. The quantitative estimate of drug-likeness (QED) is 0.369. The molecule has 0 heterocycles. The van der Waals surface area contributed by atoms with Crippen molar-refractivity contribution in [3.05, 3.63) is 30.3 Å². The fourth-order valence-electron chi connectivity index (χ4n) is 2.43. The van der Waals surface area contributed by atoms with E-state index < -0.39 is 10.4 Å². The van der Waals surface area contributed by atoms with E-state index >= 15 is 0 Å². The summed E-state index contributed by atoms with van der Waals surface area (Å²) in [5.41, 5.74) is 0. The normalized spacial score (nSPS) is 12.9. The third-order valence-corrected chi connectivity index (χ3v) is 4.15. The lowest BCUT2D eigenvalue weighted by atomic mass is 10.1. The maximum Gasteiger partial charge on any atom is 0.397 e. The molecule has 1 N–H and O–H groups in total. The lowest BCUT2D eigenvalue weighted by Crippen LogP contribution is -2.24. The molecular weight excluding hydrogens is 344 g/mol. The van der Waals surface area contributed by atoms with Crippen molar-refractivity contribution in [1.82, 2.24) is 0 Å². The Balaban J connectivity index is 2.31. The lowest BCUT2D eigenvalue weighted by Gasteiger charge is -2.19. The van der Waals surface area contributed by atoms with Crippen LogP contribution in [0, 0.1) is 0 Å². The molecule has 0 aliphatic heterocycles. The maximum atomic E-state index is 10.5. The summed E-state index contributed by atoms with van der Waals surface area (Å²) < 4.78 is 45.1. The predicted molar refractivity (Wildman–Crippen MR) is 97.2 cm³/mol. The van der Waals surface area contributed by atoms with E-state index in [1.54, 1.807) is 0 Å². The summed E-state index contributed by atoms with van der Waals surface area (Å²) in [5, 5.41) is 0. The third-order valence-electron chi connectivity index (χ3n) is 3.69. The van der Waals surface area contributed by atoms with E-state index in [1.165, 1.54) is 32.1 Å². The molecule has 6 nitrogen and oxygen atoms in total. The molecule has 0 radical (unpaired) electrons. The summed E-state index contributed by atoms with van der Waals surface area (Å²) in [6, 6.07) is 9.56. The van der Waals surface area contributed by atoms with E-state index in [2.05, 4.69) is 11.1 Å². The van der Waals surface area contributed by atoms with Crippen molar-refractivity contribution < 1.29 is 26.6 Å². The van der Waals surface area contributed by atoms with Gasteiger partial charge < -0.3 is 9.47 Å². The van der Waals surface area contributed by atoms with E-state index in [9.17, 15) is 8.42 Å². The first-order valence-corrected chi connectivity index (χ1v) is 10.3. The van der Waals surface area contributed by atoms with Gasteiger partial charge in [0.15, 0.2) is 0 Å². The maximum absolute atomic E-state index is 10.5. The fourth-order valence-corrected chi connectivity index (χ4v) is 2.71. The van der Waals surface area contributed by atoms with Gasteiger partial charge in [-0.15, -0.1) is 0 Å². The average Bonchev–Trinajstić information content (AvgIpc) is 2.57. The van der Waals surface area contributed by atoms with Crippen LogP contribution in [0.4, 0.5) is 0 Å². The Labute approximate surface area is 151 Å². The van der Waals surface area contributed by atoms with Gasteiger partial charge in [-0.25, -0.2) is 4.18 Å². The number of rotatable bonds is 15. The molecule has 0 spiro atoms. The molecule has 0 bridgehead atoms. The number of hydrogen-bond acceptors (Lipinski definition) is 5. The van der Waals surface area contributed by atoms with Crippen molar-refractivity contribution in [2.75, 3.05) is 19.8 Å². The van der Waals surface area contributed by atoms with Crippen LogP contribution in [0.3, 0.4) is 0 Å². The SMILES string of the molecule is CCCCCCCCC(COCCOS(=O)(=O)O)Oc1ccccc1.